The molecule has 0 atom stereocenters. The highest BCUT2D eigenvalue weighted by molar-refractivity contribution is 5.66. The van der Waals surface area contributed by atoms with Crippen LogP contribution in [0.15, 0.2) is 134 Å². The van der Waals surface area contributed by atoms with Gasteiger partial charge >= 0.3 is 5.97 Å². The Morgan fingerprint density at radius 3 is 1.79 bits per heavy atom. The fourth-order valence-corrected chi connectivity index (χ4v) is 4.71. The van der Waals surface area contributed by atoms with Crippen LogP contribution in [0.5, 0.6) is 0 Å². The van der Waals surface area contributed by atoms with Crippen LogP contribution in [0.4, 0.5) is 0 Å². The van der Waals surface area contributed by atoms with Crippen molar-refractivity contribution in [3.63, 3.8) is 0 Å². The number of hydrogen-bond donors (Lipinski definition) is 1. The summed E-state index contributed by atoms with van der Waals surface area (Å²) >= 11 is 0. The van der Waals surface area contributed by atoms with Crippen LogP contribution in [0.3, 0.4) is 0 Å². The predicted octanol–water partition coefficient (Wildman–Crippen LogP) is 6.52. The molecule has 0 aliphatic heterocycles. The van der Waals surface area contributed by atoms with Crippen LogP contribution in [-0.2, 0) is 10.3 Å². The van der Waals surface area contributed by atoms with Crippen molar-refractivity contribution in [1.29, 1.82) is 0 Å². The first-order valence-corrected chi connectivity index (χ1v) is 12.5. The largest absolute Gasteiger partial charge is 0.481 e. The molecular formula is C32H28N4O2. The summed E-state index contributed by atoms with van der Waals surface area (Å²) in [4.78, 5) is 18.6. The van der Waals surface area contributed by atoms with E-state index in [9.17, 15) is 4.79 Å². The highest BCUT2D eigenvalue weighted by atomic mass is 16.4. The molecule has 0 radical (unpaired) electrons. The van der Waals surface area contributed by atoms with Crippen LogP contribution in [0.25, 0.3) is 16.9 Å². The number of carbonyl (C=O) groups is 1. The van der Waals surface area contributed by atoms with Gasteiger partial charge < -0.3 is 14.1 Å². The summed E-state index contributed by atoms with van der Waals surface area (Å²) in [6.45, 7) is 1.60. The van der Waals surface area contributed by atoms with E-state index in [4.69, 9.17) is 10.1 Å². The molecule has 0 amide bonds. The maximum atomic E-state index is 9.37. The molecule has 0 saturated carbocycles. The lowest BCUT2D eigenvalue weighted by Gasteiger charge is -2.37. The molecular weight excluding hydrogens is 472 g/mol. The average Bonchev–Trinajstić information content (AvgIpc) is 3.66. The minimum absolute atomic E-state index is 0.222. The van der Waals surface area contributed by atoms with Crippen LogP contribution in [0, 0.1) is 0 Å². The van der Waals surface area contributed by atoms with Gasteiger partial charge in [-0.3, -0.25) is 4.79 Å². The van der Waals surface area contributed by atoms with Gasteiger partial charge in [0.15, 0.2) is 0 Å². The van der Waals surface area contributed by atoms with Gasteiger partial charge in [-0.25, -0.2) is 9.97 Å². The van der Waals surface area contributed by atoms with Crippen molar-refractivity contribution in [3.05, 3.63) is 151 Å². The van der Waals surface area contributed by atoms with Crippen molar-refractivity contribution in [2.75, 3.05) is 0 Å². The second-order valence-corrected chi connectivity index (χ2v) is 8.83. The Hall–Kier alpha value is -4.97. The summed E-state index contributed by atoms with van der Waals surface area (Å²) in [5.41, 5.74) is 5.85. The second kappa shape index (κ2) is 11.0. The Kier molecular flexibility index (Phi) is 7.13. The second-order valence-electron chi connectivity index (χ2n) is 8.83. The van der Waals surface area contributed by atoms with Gasteiger partial charge in [0.2, 0.25) is 0 Å². The molecule has 6 heteroatoms. The number of hydrogen-bond acceptors (Lipinski definition) is 3. The van der Waals surface area contributed by atoms with Gasteiger partial charge in [0.05, 0.1) is 12.0 Å². The van der Waals surface area contributed by atoms with Crippen molar-refractivity contribution in [2.24, 2.45) is 0 Å². The van der Waals surface area contributed by atoms with E-state index in [2.05, 4.69) is 119 Å². The Bertz CT molecular complexity index is 1530. The highest BCUT2D eigenvalue weighted by Gasteiger charge is 2.38. The first kappa shape index (κ1) is 24.7. The number of nitrogens with zero attached hydrogens (tertiary/aromatic N) is 4. The van der Waals surface area contributed by atoms with Gasteiger partial charge in [0.25, 0.3) is 0 Å². The lowest BCUT2D eigenvalue weighted by atomic mass is 9.77. The number of benzene rings is 3. The molecule has 188 valence electrons. The Morgan fingerprint density at radius 1 is 0.763 bits per heavy atom. The number of aromatic nitrogens is 4. The third-order valence-electron chi connectivity index (χ3n) is 6.53. The molecule has 6 nitrogen and oxygen atoms in total. The average molecular weight is 501 g/mol. The Balaban J connectivity index is 0.000000540. The van der Waals surface area contributed by atoms with Gasteiger partial charge in [0.1, 0.15) is 11.2 Å². The normalized spacial score (nSPS) is 11.1. The molecule has 1 N–H and O–H groups in total. The predicted molar refractivity (Wildman–Crippen MR) is 149 cm³/mol. The van der Waals surface area contributed by atoms with E-state index in [-0.39, 0.29) is 6.42 Å². The number of carboxylic acids is 1. The maximum absolute atomic E-state index is 9.37. The Morgan fingerprint density at radius 2 is 1.29 bits per heavy atom. The van der Waals surface area contributed by atoms with Crippen molar-refractivity contribution in [3.8, 4) is 11.3 Å². The zero-order valence-corrected chi connectivity index (χ0v) is 21.1. The molecule has 0 unspecified atom stereocenters. The monoisotopic (exact) mass is 500 g/mol. The van der Waals surface area contributed by atoms with Crippen molar-refractivity contribution >= 4 is 11.6 Å². The van der Waals surface area contributed by atoms with Crippen LogP contribution in [-0.4, -0.2) is 30.0 Å². The lowest BCUT2D eigenvalue weighted by molar-refractivity contribution is -0.136. The summed E-state index contributed by atoms with van der Waals surface area (Å²) in [7, 11) is 0. The minimum Gasteiger partial charge on any atom is -0.481 e. The van der Waals surface area contributed by atoms with E-state index >= 15 is 0 Å². The molecule has 0 aliphatic carbocycles. The van der Waals surface area contributed by atoms with Crippen molar-refractivity contribution < 1.29 is 9.90 Å². The van der Waals surface area contributed by atoms with Crippen LogP contribution >= 0.6 is 0 Å². The molecule has 6 aromatic rings. The van der Waals surface area contributed by atoms with Crippen molar-refractivity contribution in [2.45, 2.75) is 18.9 Å². The van der Waals surface area contributed by atoms with E-state index in [0.29, 0.717) is 0 Å². The van der Waals surface area contributed by atoms with Crippen LogP contribution < -0.4 is 0 Å². The molecule has 0 fully saturated rings. The fourth-order valence-electron chi connectivity index (χ4n) is 4.71. The standard InChI is InChI=1S/C29H22N4.C3H6O2/c1-4-10-24(11-5-1)29(25-12-6-2-7-13-25,26-14-8-3-9-15-26)33-21-27(31-22-33)23-16-17-28-30-18-19-32(28)20-23;1-2-3(4)5/h1-22H;2H2,1H3,(H,4,5). The summed E-state index contributed by atoms with van der Waals surface area (Å²) in [5, 5.41) is 7.72. The summed E-state index contributed by atoms with van der Waals surface area (Å²) in [6, 6.07) is 36.0. The quantitative estimate of drug-likeness (QED) is 0.264. The number of carboxylic acid groups (broad SMARTS) is 1. The lowest BCUT2D eigenvalue weighted by Crippen LogP contribution is -2.36. The van der Waals surface area contributed by atoms with Crippen molar-refractivity contribution in [1.82, 2.24) is 18.9 Å². The first-order valence-electron chi connectivity index (χ1n) is 12.5. The first-order chi connectivity index (χ1) is 18.6. The molecule has 3 aromatic carbocycles. The van der Waals surface area contributed by atoms with Gasteiger partial charge in [0, 0.05) is 36.8 Å². The minimum atomic E-state index is -0.745. The maximum Gasteiger partial charge on any atom is 0.303 e. The number of fused-ring (bicyclic) bond motifs is 1. The molecule has 0 bridgehead atoms. The highest BCUT2D eigenvalue weighted by Crippen LogP contribution is 2.41. The fraction of sp³-hybridized carbons (Fsp3) is 0.0938. The van der Waals surface area contributed by atoms with E-state index < -0.39 is 11.5 Å². The smallest absolute Gasteiger partial charge is 0.303 e. The molecule has 38 heavy (non-hydrogen) atoms. The van der Waals surface area contributed by atoms with E-state index in [1.165, 1.54) is 16.7 Å². The van der Waals surface area contributed by atoms with Gasteiger partial charge in [-0.1, -0.05) is 97.9 Å². The van der Waals surface area contributed by atoms with Crippen LogP contribution in [0.2, 0.25) is 0 Å². The Labute approximate surface area is 221 Å². The molecule has 3 heterocycles. The van der Waals surface area contributed by atoms with Gasteiger partial charge in [-0.05, 0) is 28.8 Å². The molecule has 0 spiro atoms. The van der Waals surface area contributed by atoms with E-state index in [0.717, 1.165) is 16.9 Å². The summed E-state index contributed by atoms with van der Waals surface area (Å²) < 4.78 is 4.26. The third-order valence-corrected chi connectivity index (χ3v) is 6.53. The number of pyridine rings is 1. The number of aliphatic carboxylic acids is 1. The SMILES string of the molecule is CCC(=O)O.c1ccc(C(c2ccccc2)(c2ccccc2)n2cnc(-c3ccc4nccn4c3)c2)cc1. The summed E-state index contributed by atoms with van der Waals surface area (Å²) in [5.74, 6) is -0.745. The van der Waals surface area contributed by atoms with Crippen LogP contribution in [0.1, 0.15) is 30.0 Å². The number of imidazole rings is 2. The molecule has 0 saturated heterocycles. The van der Waals surface area contributed by atoms with E-state index in [1.807, 2.05) is 29.2 Å². The topological polar surface area (TPSA) is 72.4 Å². The molecule has 6 rings (SSSR count). The van der Waals surface area contributed by atoms with Gasteiger partial charge in [-0.15, -0.1) is 0 Å². The third kappa shape index (κ3) is 4.72. The molecule has 0 aliphatic rings. The van der Waals surface area contributed by atoms with Gasteiger partial charge in [-0.2, -0.15) is 0 Å². The zero-order valence-electron chi connectivity index (χ0n) is 21.1. The summed E-state index contributed by atoms with van der Waals surface area (Å²) in [6.07, 6.45) is 10.1. The van der Waals surface area contributed by atoms with E-state index in [1.54, 1.807) is 6.92 Å². The zero-order chi connectivity index (χ0) is 26.4. The molecule has 3 aromatic heterocycles. The number of rotatable bonds is 6.